The predicted molar refractivity (Wildman–Crippen MR) is 97.6 cm³/mol. The van der Waals surface area contributed by atoms with Gasteiger partial charge in [-0.25, -0.2) is 0 Å². The maximum Gasteiger partial charge on any atom is 0.308 e. The smallest absolute Gasteiger partial charge is 0.308 e. The highest BCUT2D eigenvalue weighted by Gasteiger charge is 2.40. The first kappa shape index (κ1) is 22.9. The van der Waals surface area contributed by atoms with Crippen LogP contribution in [0.15, 0.2) is 0 Å². The molecule has 4 nitrogen and oxygen atoms in total. The highest BCUT2D eigenvalue weighted by Crippen LogP contribution is 2.35. The lowest BCUT2D eigenvalue weighted by Crippen LogP contribution is -2.45. The van der Waals surface area contributed by atoms with Crippen molar-refractivity contribution >= 4 is 11.9 Å². The molecule has 0 N–H and O–H groups in total. The SMILES string of the molecule is CCC(C)C(=O)OCC(C)(CC)C(OC(=O)C(C)CC)C(C)CC. The molecular formula is C20H38O4. The van der Waals surface area contributed by atoms with E-state index in [4.69, 9.17) is 9.47 Å². The molecule has 5 atom stereocenters. The molecule has 4 heteroatoms. The van der Waals surface area contributed by atoms with Crippen molar-refractivity contribution in [2.45, 2.75) is 87.2 Å². The molecule has 0 aromatic heterocycles. The van der Waals surface area contributed by atoms with Crippen LogP contribution in [-0.2, 0) is 19.1 Å². The van der Waals surface area contributed by atoms with Gasteiger partial charge in [0.15, 0.2) is 0 Å². The summed E-state index contributed by atoms with van der Waals surface area (Å²) in [5.41, 5.74) is -0.373. The van der Waals surface area contributed by atoms with E-state index in [1.165, 1.54) is 0 Å². The molecule has 0 aromatic carbocycles. The fourth-order valence-corrected chi connectivity index (χ4v) is 2.50. The molecule has 0 spiro atoms. The Morgan fingerprint density at radius 2 is 1.38 bits per heavy atom. The summed E-state index contributed by atoms with van der Waals surface area (Å²) in [6, 6.07) is 0. The minimum Gasteiger partial charge on any atom is -0.465 e. The quantitative estimate of drug-likeness (QED) is 0.496. The van der Waals surface area contributed by atoms with Crippen LogP contribution in [-0.4, -0.2) is 24.6 Å². The van der Waals surface area contributed by atoms with E-state index in [0.717, 1.165) is 25.7 Å². The van der Waals surface area contributed by atoms with Crippen LogP contribution in [0.1, 0.15) is 81.1 Å². The number of rotatable bonds is 11. The maximum absolute atomic E-state index is 12.3. The lowest BCUT2D eigenvalue weighted by molar-refractivity contribution is -0.172. The van der Waals surface area contributed by atoms with E-state index in [-0.39, 0.29) is 47.8 Å². The molecule has 0 radical (unpaired) electrons. The Morgan fingerprint density at radius 3 is 1.79 bits per heavy atom. The van der Waals surface area contributed by atoms with Crippen molar-refractivity contribution in [3.63, 3.8) is 0 Å². The summed E-state index contributed by atoms with van der Waals surface area (Å²) in [4.78, 5) is 24.4. The molecule has 142 valence electrons. The molecule has 0 saturated heterocycles. The molecule has 0 saturated carbocycles. The first-order valence-corrected chi connectivity index (χ1v) is 9.53. The van der Waals surface area contributed by atoms with Crippen molar-refractivity contribution in [3.8, 4) is 0 Å². The van der Waals surface area contributed by atoms with Crippen LogP contribution in [0.2, 0.25) is 0 Å². The van der Waals surface area contributed by atoms with Crippen molar-refractivity contribution in [1.82, 2.24) is 0 Å². The van der Waals surface area contributed by atoms with E-state index in [0.29, 0.717) is 0 Å². The van der Waals surface area contributed by atoms with Gasteiger partial charge in [0.25, 0.3) is 0 Å². The molecule has 0 aromatic rings. The van der Waals surface area contributed by atoms with E-state index < -0.39 is 0 Å². The van der Waals surface area contributed by atoms with Crippen LogP contribution in [0, 0.1) is 23.2 Å². The molecule has 5 unspecified atom stereocenters. The van der Waals surface area contributed by atoms with E-state index in [1.807, 2.05) is 27.7 Å². The monoisotopic (exact) mass is 342 g/mol. The Hall–Kier alpha value is -1.06. The largest absolute Gasteiger partial charge is 0.465 e. The van der Waals surface area contributed by atoms with Gasteiger partial charge in [0.1, 0.15) is 12.7 Å². The fraction of sp³-hybridized carbons (Fsp3) is 0.900. The van der Waals surface area contributed by atoms with Gasteiger partial charge in [-0.1, -0.05) is 61.8 Å². The predicted octanol–water partition coefficient (Wildman–Crippen LogP) is 5.00. The van der Waals surface area contributed by atoms with E-state index in [1.54, 1.807) is 0 Å². The molecule has 0 rings (SSSR count). The molecule has 0 amide bonds. The average molecular weight is 343 g/mol. The molecule has 0 aliphatic carbocycles. The number of carbonyl (C=O) groups excluding carboxylic acids is 2. The average Bonchev–Trinajstić information content (AvgIpc) is 2.61. The van der Waals surface area contributed by atoms with E-state index in [9.17, 15) is 9.59 Å². The molecule has 0 aliphatic rings. The van der Waals surface area contributed by atoms with Crippen molar-refractivity contribution in [1.29, 1.82) is 0 Å². The maximum atomic E-state index is 12.3. The lowest BCUT2D eigenvalue weighted by atomic mass is 9.76. The summed E-state index contributed by atoms with van der Waals surface area (Å²) in [7, 11) is 0. The van der Waals surface area contributed by atoms with E-state index >= 15 is 0 Å². The Bertz CT molecular complexity index is 393. The van der Waals surface area contributed by atoms with Crippen LogP contribution in [0.4, 0.5) is 0 Å². The topological polar surface area (TPSA) is 52.6 Å². The van der Waals surface area contributed by atoms with Gasteiger partial charge in [0, 0.05) is 5.41 Å². The summed E-state index contributed by atoms with van der Waals surface area (Å²) in [6.45, 7) is 16.3. The first-order chi connectivity index (χ1) is 11.2. The lowest BCUT2D eigenvalue weighted by Gasteiger charge is -2.39. The number of ether oxygens (including phenoxy) is 2. The zero-order valence-electron chi connectivity index (χ0n) is 17.0. The van der Waals surface area contributed by atoms with E-state index in [2.05, 4.69) is 27.7 Å². The van der Waals surface area contributed by atoms with Gasteiger partial charge >= 0.3 is 11.9 Å². The van der Waals surface area contributed by atoms with Crippen LogP contribution in [0.5, 0.6) is 0 Å². The number of esters is 2. The molecule has 0 fully saturated rings. The van der Waals surface area contributed by atoms with Gasteiger partial charge in [-0.3, -0.25) is 9.59 Å². The second-order valence-corrected chi connectivity index (χ2v) is 7.48. The zero-order valence-corrected chi connectivity index (χ0v) is 17.0. The summed E-state index contributed by atoms with van der Waals surface area (Å²) in [6.07, 6.45) is 2.97. The van der Waals surface area contributed by atoms with Crippen LogP contribution in [0.3, 0.4) is 0 Å². The van der Waals surface area contributed by atoms with Crippen molar-refractivity contribution in [2.75, 3.05) is 6.61 Å². The summed E-state index contributed by atoms with van der Waals surface area (Å²) >= 11 is 0. The molecule has 24 heavy (non-hydrogen) atoms. The van der Waals surface area contributed by atoms with Crippen LogP contribution in [0.25, 0.3) is 0 Å². The Labute approximate surface area is 148 Å². The molecular weight excluding hydrogens is 304 g/mol. The third kappa shape index (κ3) is 6.45. The van der Waals surface area contributed by atoms with Crippen molar-refractivity contribution in [3.05, 3.63) is 0 Å². The third-order valence-corrected chi connectivity index (χ3v) is 5.47. The summed E-state index contributed by atoms with van der Waals surface area (Å²) < 4.78 is 11.5. The normalized spacial score (nSPS) is 18.8. The highest BCUT2D eigenvalue weighted by molar-refractivity contribution is 5.72. The Morgan fingerprint density at radius 1 is 0.875 bits per heavy atom. The summed E-state index contributed by atoms with van der Waals surface area (Å²) in [5, 5.41) is 0. The minimum atomic E-state index is -0.373. The Kier molecular flexibility index (Phi) is 10.3. The Balaban J connectivity index is 5.21. The van der Waals surface area contributed by atoms with Gasteiger partial charge in [-0.2, -0.15) is 0 Å². The van der Waals surface area contributed by atoms with Gasteiger partial charge in [0.2, 0.25) is 0 Å². The third-order valence-electron chi connectivity index (χ3n) is 5.47. The number of hydrogen-bond acceptors (Lipinski definition) is 4. The minimum absolute atomic E-state index is 0.101. The standard InChI is InChI=1S/C20H38O4/c1-9-14(5)17(24-19(22)16(7)11-3)20(8,12-4)13-23-18(21)15(6)10-2/h14-17H,9-13H2,1-8H3. The molecule has 0 aliphatic heterocycles. The van der Waals surface area contributed by atoms with Gasteiger partial charge in [-0.15, -0.1) is 0 Å². The second kappa shape index (κ2) is 10.7. The summed E-state index contributed by atoms with van der Waals surface area (Å²) in [5.74, 6) is -0.328. The van der Waals surface area contributed by atoms with Gasteiger partial charge in [0.05, 0.1) is 11.8 Å². The second-order valence-electron chi connectivity index (χ2n) is 7.48. The molecule has 0 bridgehead atoms. The van der Waals surface area contributed by atoms with Crippen molar-refractivity contribution < 1.29 is 19.1 Å². The van der Waals surface area contributed by atoms with Gasteiger partial charge < -0.3 is 9.47 Å². The number of hydrogen-bond donors (Lipinski definition) is 0. The van der Waals surface area contributed by atoms with Crippen LogP contribution < -0.4 is 0 Å². The number of carbonyl (C=O) groups is 2. The van der Waals surface area contributed by atoms with Crippen LogP contribution >= 0.6 is 0 Å². The van der Waals surface area contributed by atoms with Gasteiger partial charge in [-0.05, 0) is 25.2 Å². The molecule has 0 heterocycles. The zero-order chi connectivity index (χ0) is 18.9. The fourth-order valence-electron chi connectivity index (χ4n) is 2.50. The van der Waals surface area contributed by atoms with Crippen molar-refractivity contribution in [2.24, 2.45) is 23.2 Å². The highest BCUT2D eigenvalue weighted by atomic mass is 16.6. The first-order valence-electron chi connectivity index (χ1n) is 9.53.